The van der Waals surface area contributed by atoms with Gasteiger partial charge in [-0.25, -0.2) is 4.79 Å². The van der Waals surface area contributed by atoms with Crippen LogP contribution in [-0.4, -0.2) is 24.1 Å². The number of nitro benzene ring substituents is 1. The van der Waals surface area contributed by atoms with Crippen molar-refractivity contribution in [2.24, 2.45) is 0 Å². The molecule has 0 aromatic heterocycles. The first-order chi connectivity index (χ1) is 9.18. The van der Waals surface area contributed by atoms with Gasteiger partial charge >= 0.3 is 5.97 Å². The van der Waals surface area contributed by atoms with Crippen molar-refractivity contribution in [2.75, 3.05) is 13.2 Å². The Labute approximate surface area is 108 Å². The van der Waals surface area contributed by atoms with Crippen molar-refractivity contribution in [3.05, 3.63) is 52.0 Å². The van der Waals surface area contributed by atoms with Crippen molar-refractivity contribution in [1.29, 1.82) is 0 Å². The van der Waals surface area contributed by atoms with Crippen LogP contribution in [0.4, 0.5) is 5.69 Å². The molecule has 0 bridgehead atoms. The topological polar surface area (TPSA) is 87.9 Å². The molecule has 1 heterocycles. The lowest BCUT2D eigenvalue weighted by Gasteiger charge is -2.14. The lowest BCUT2D eigenvalue weighted by atomic mass is 10.2. The third-order valence-corrected chi connectivity index (χ3v) is 2.40. The predicted molar refractivity (Wildman–Crippen MR) is 62.9 cm³/mol. The molecule has 0 fully saturated rings. The Bertz CT molecular complexity index is 525. The van der Waals surface area contributed by atoms with Gasteiger partial charge in [-0.2, -0.15) is 0 Å². The molecule has 0 atom stereocenters. The van der Waals surface area contributed by atoms with Gasteiger partial charge in [0.1, 0.15) is 26.1 Å². The fourth-order valence-electron chi connectivity index (χ4n) is 1.50. The Balaban J connectivity index is 2.01. The Morgan fingerprint density at radius 3 is 2.84 bits per heavy atom. The number of hydrogen-bond acceptors (Lipinski definition) is 6. The highest BCUT2D eigenvalue weighted by Crippen LogP contribution is 2.19. The molecule has 100 valence electrons. The van der Waals surface area contributed by atoms with Crippen LogP contribution < -0.4 is 0 Å². The highest BCUT2D eigenvalue weighted by atomic mass is 16.6. The summed E-state index contributed by atoms with van der Waals surface area (Å²) in [6, 6.07) is 6.06. The summed E-state index contributed by atoms with van der Waals surface area (Å²) in [6.45, 7) is 0.448. The first-order valence-electron chi connectivity index (χ1n) is 5.52. The summed E-state index contributed by atoms with van der Waals surface area (Å²) in [4.78, 5) is 21.8. The molecule has 0 N–H and O–H groups in total. The van der Waals surface area contributed by atoms with Crippen molar-refractivity contribution < 1.29 is 23.9 Å². The average molecular weight is 265 g/mol. The largest absolute Gasteiger partial charge is 0.493 e. The van der Waals surface area contributed by atoms with Crippen LogP contribution in [0.15, 0.2) is 36.3 Å². The van der Waals surface area contributed by atoms with E-state index in [2.05, 4.69) is 0 Å². The van der Waals surface area contributed by atoms with E-state index in [1.807, 2.05) is 0 Å². The highest BCUT2D eigenvalue weighted by molar-refractivity contribution is 5.86. The Morgan fingerprint density at radius 1 is 1.37 bits per heavy atom. The van der Waals surface area contributed by atoms with E-state index in [1.54, 1.807) is 12.1 Å². The highest BCUT2D eigenvalue weighted by Gasteiger charge is 2.19. The van der Waals surface area contributed by atoms with Crippen LogP contribution in [0.3, 0.4) is 0 Å². The minimum atomic E-state index is -0.710. The fourth-order valence-corrected chi connectivity index (χ4v) is 1.50. The molecule has 7 nitrogen and oxygen atoms in total. The second-order valence-corrected chi connectivity index (χ2v) is 3.66. The maximum Gasteiger partial charge on any atom is 0.377 e. The van der Waals surface area contributed by atoms with Gasteiger partial charge in [-0.1, -0.05) is 12.1 Å². The molecular formula is C12H11NO6. The van der Waals surface area contributed by atoms with Crippen LogP contribution >= 0.6 is 0 Å². The van der Waals surface area contributed by atoms with Gasteiger partial charge in [0.25, 0.3) is 5.69 Å². The zero-order valence-electron chi connectivity index (χ0n) is 9.90. The fraction of sp³-hybridized carbons (Fsp3) is 0.250. The first-order valence-corrected chi connectivity index (χ1v) is 5.52. The number of para-hydroxylation sites is 1. The molecule has 0 unspecified atom stereocenters. The molecule has 2 rings (SSSR count). The summed E-state index contributed by atoms with van der Waals surface area (Å²) >= 11 is 0. The van der Waals surface area contributed by atoms with Gasteiger partial charge in [0.15, 0.2) is 0 Å². The normalized spacial score (nSPS) is 13.8. The lowest BCUT2D eigenvalue weighted by molar-refractivity contribution is -0.385. The molecule has 19 heavy (non-hydrogen) atoms. The summed E-state index contributed by atoms with van der Waals surface area (Å²) in [5, 5.41) is 10.8. The van der Waals surface area contributed by atoms with E-state index in [1.165, 1.54) is 18.4 Å². The van der Waals surface area contributed by atoms with E-state index in [0.717, 1.165) is 0 Å². The quantitative estimate of drug-likeness (QED) is 0.466. The molecule has 0 amide bonds. The molecule has 7 heteroatoms. The van der Waals surface area contributed by atoms with Gasteiger partial charge in [-0.15, -0.1) is 0 Å². The van der Waals surface area contributed by atoms with E-state index in [0.29, 0.717) is 12.2 Å². The van der Waals surface area contributed by atoms with Gasteiger partial charge in [0, 0.05) is 6.07 Å². The number of hydrogen-bond donors (Lipinski definition) is 0. The van der Waals surface area contributed by atoms with Gasteiger partial charge < -0.3 is 14.2 Å². The van der Waals surface area contributed by atoms with Crippen LogP contribution in [0.1, 0.15) is 5.56 Å². The zero-order chi connectivity index (χ0) is 13.7. The van der Waals surface area contributed by atoms with Gasteiger partial charge in [-0.05, 0) is 6.07 Å². The number of nitrogens with zero attached hydrogens (tertiary/aromatic N) is 1. The van der Waals surface area contributed by atoms with Crippen molar-refractivity contribution in [1.82, 2.24) is 0 Å². The Kier molecular flexibility index (Phi) is 3.97. The van der Waals surface area contributed by atoms with E-state index < -0.39 is 10.9 Å². The van der Waals surface area contributed by atoms with Crippen molar-refractivity contribution in [3.63, 3.8) is 0 Å². The number of carbonyl (C=O) groups excluding carboxylic acids is 1. The smallest absolute Gasteiger partial charge is 0.377 e. The predicted octanol–water partition coefficient (Wildman–Crippen LogP) is 1.53. The van der Waals surface area contributed by atoms with E-state index in [-0.39, 0.29) is 24.7 Å². The summed E-state index contributed by atoms with van der Waals surface area (Å²) in [5.41, 5.74) is 0.225. The van der Waals surface area contributed by atoms with Crippen molar-refractivity contribution in [2.45, 2.75) is 6.61 Å². The molecule has 0 saturated carbocycles. The zero-order valence-corrected chi connectivity index (χ0v) is 9.90. The van der Waals surface area contributed by atoms with Crippen LogP contribution in [0.25, 0.3) is 0 Å². The summed E-state index contributed by atoms with van der Waals surface area (Å²) in [5.74, 6) is -0.748. The van der Waals surface area contributed by atoms with Gasteiger partial charge in [0.05, 0.1) is 10.5 Å². The maximum atomic E-state index is 11.6. The molecule has 0 radical (unpaired) electrons. The summed E-state index contributed by atoms with van der Waals surface area (Å²) < 4.78 is 14.9. The summed E-state index contributed by atoms with van der Waals surface area (Å²) in [7, 11) is 0. The van der Waals surface area contributed by atoms with Crippen LogP contribution in [0, 0.1) is 10.1 Å². The minimum Gasteiger partial charge on any atom is -0.493 e. The lowest BCUT2D eigenvalue weighted by Crippen LogP contribution is -2.17. The summed E-state index contributed by atoms with van der Waals surface area (Å²) in [6.07, 6.45) is 1.17. The average Bonchev–Trinajstić information content (AvgIpc) is 2.46. The second kappa shape index (κ2) is 5.85. The molecule has 0 aliphatic carbocycles. The van der Waals surface area contributed by atoms with Gasteiger partial charge in [-0.3, -0.25) is 10.1 Å². The third-order valence-electron chi connectivity index (χ3n) is 2.40. The minimum absolute atomic E-state index is 0.0372. The number of esters is 1. The van der Waals surface area contributed by atoms with Crippen LogP contribution in [0.2, 0.25) is 0 Å². The first kappa shape index (κ1) is 12.9. The number of rotatable bonds is 4. The Morgan fingerprint density at radius 2 is 2.16 bits per heavy atom. The number of ether oxygens (including phenoxy) is 3. The van der Waals surface area contributed by atoms with Gasteiger partial charge in [0.2, 0.25) is 5.76 Å². The van der Waals surface area contributed by atoms with Crippen molar-refractivity contribution in [3.8, 4) is 0 Å². The van der Waals surface area contributed by atoms with E-state index >= 15 is 0 Å². The number of carbonyl (C=O) groups is 1. The van der Waals surface area contributed by atoms with Crippen LogP contribution in [-0.2, 0) is 25.6 Å². The Hall–Kier alpha value is -2.57. The molecular weight excluding hydrogens is 254 g/mol. The molecule has 1 aromatic rings. The standard InChI is InChI=1S/C12H11NO6/c14-12(11-8-17-5-6-18-11)19-7-9-3-1-2-4-10(9)13(15)16/h1-4,8H,5-7H2. The second-order valence-electron chi connectivity index (χ2n) is 3.66. The number of benzene rings is 1. The maximum absolute atomic E-state index is 11.6. The number of nitro groups is 1. The van der Waals surface area contributed by atoms with Crippen LogP contribution in [0.5, 0.6) is 0 Å². The van der Waals surface area contributed by atoms with E-state index in [4.69, 9.17) is 14.2 Å². The van der Waals surface area contributed by atoms with E-state index in [9.17, 15) is 14.9 Å². The SMILES string of the molecule is O=C(OCc1ccccc1[N+](=O)[O-])C1=COCCO1. The molecule has 0 saturated heterocycles. The molecule has 1 aliphatic rings. The third kappa shape index (κ3) is 3.21. The monoisotopic (exact) mass is 265 g/mol. The molecule has 1 aromatic carbocycles. The molecule has 1 aliphatic heterocycles. The van der Waals surface area contributed by atoms with Crippen molar-refractivity contribution >= 4 is 11.7 Å². The molecule has 0 spiro atoms.